The first kappa shape index (κ1) is 16.1. The fraction of sp³-hybridized carbons (Fsp3) is 0.571. The van der Waals surface area contributed by atoms with Crippen molar-refractivity contribution in [2.45, 2.75) is 45.1 Å². The van der Waals surface area contributed by atoms with Crippen LogP contribution in [-0.2, 0) is 10.0 Å². The number of hydrogen-bond donors (Lipinski definition) is 1. The third kappa shape index (κ3) is 3.16. The van der Waals surface area contributed by atoms with Gasteiger partial charge in [0, 0.05) is 18.6 Å². The fourth-order valence-electron chi connectivity index (χ4n) is 2.23. The van der Waals surface area contributed by atoms with Crippen molar-refractivity contribution in [3.05, 3.63) is 29.3 Å². The summed E-state index contributed by atoms with van der Waals surface area (Å²) in [7, 11) is -3.52. The Morgan fingerprint density at radius 1 is 1.26 bits per heavy atom. The molecule has 0 saturated carbocycles. The van der Waals surface area contributed by atoms with Crippen LogP contribution in [0, 0.1) is 13.8 Å². The van der Waals surface area contributed by atoms with Crippen LogP contribution in [0.1, 0.15) is 31.9 Å². The van der Waals surface area contributed by atoms with Gasteiger partial charge >= 0.3 is 0 Å². The van der Waals surface area contributed by atoms with Gasteiger partial charge in [-0.15, -0.1) is 0 Å². The Morgan fingerprint density at radius 3 is 2.26 bits per heavy atom. The molecule has 0 aliphatic carbocycles. The molecule has 4 nitrogen and oxygen atoms in total. The van der Waals surface area contributed by atoms with E-state index >= 15 is 0 Å². The highest BCUT2D eigenvalue weighted by Crippen LogP contribution is 2.26. The first-order chi connectivity index (χ1) is 8.66. The Kier molecular flexibility index (Phi) is 4.76. The average molecular weight is 284 g/mol. The molecule has 2 N–H and O–H groups in total. The number of sulfonamides is 1. The monoisotopic (exact) mass is 284 g/mol. The molecule has 0 radical (unpaired) electrons. The Morgan fingerprint density at radius 2 is 1.84 bits per heavy atom. The van der Waals surface area contributed by atoms with Crippen molar-refractivity contribution in [1.29, 1.82) is 0 Å². The summed E-state index contributed by atoms with van der Waals surface area (Å²) in [4.78, 5) is 0.362. The maximum absolute atomic E-state index is 12.8. The third-order valence-corrected chi connectivity index (χ3v) is 5.71. The van der Waals surface area contributed by atoms with Gasteiger partial charge in [-0.3, -0.25) is 0 Å². The summed E-state index contributed by atoms with van der Waals surface area (Å²) in [6, 6.07) is 5.38. The molecule has 0 amide bonds. The molecule has 1 aromatic carbocycles. The van der Waals surface area contributed by atoms with E-state index in [0.29, 0.717) is 11.4 Å². The van der Waals surface area contributed by atoms with Gasteiger partial charge in [0.05, 0.1) is 4.90 Å². The van der Waals surface area contributed by atoms with Gasteiger partial charge in [0.2, 0.25) is 10.0 Å². The SMILES string of the molecule is CCN(C(C)(C)CN)S(=O)(=O)c1ccc(C)cc1C. The lowest BCUT2D eigenvalue weighted by Crippen LogP contribution is -2.52. The molecule has 0 aromatic heterocycles. The molecule has 0 atom stereocenters. The van der Waals surface area contributed by atoms with E-state index in [1.165, 1.54) is 4.31 Å². The Balaban J connectivity index is 3.37. The van der Waals surface area contributed by atoms with Gasteiger partial charge < -0.3 is 5.73 Å². The summed E-state index contributed by atoms with van der Waals surface area (Å²) >= 11 is 0. The number of aryl methyl sites for hydroxylation is 2. The highest BCUT2D eigenvalue weighted by Gasteiger charge is 2.35. The maximum atomic E-state index is 12.8. The standard InChI is InChI=1S/C14H24N2O2S/c1-6-16(14(4,5)10-15)19(17,18)13-8-7-11(2)9-12(13)3/h7-9H,6,10,15H2,1-5H3. The predicted molar refractivity (Wildman–Crippen MR) is 78.6 cm³/mol. The van der Waals surface area contributed by atoms with Gasteiger partial charge in [-0.2, -0.15) is 4.31 Å². The first-order valence-electron chi connectivity index (χ1n) is 6.47. The van der Waals surface area contributed by atoms with Crippen LogP contribution in [-0.4, -0.2) is 31.4 Å². The highest BCUT2D eigenvalue weighted by molar-refractivity contribution is 7.89. The van der Waals surface area contributed by atoms with E-state index in [1.54, 1.807) is 6.07 Å². The van der Waals surface area contributed by atoms with Crippen LogP contribution >= 0.6 is 0 Å². The number of nitrogens with two attached hydrogens (primary N) is 1. The summed E-state index contributed by atoms with van der Waals surface area (Å²) in [5, 5.41) is 0. The van der Waals surface area contributed by atoms with Crippen molar-refractivity contribution < 1.29 is 8.42 Å². The Hall–Kier alpha value is -0.910. The van der Waals surface area contributed by atoms with Crippen LogP contribution in [0.2, 0.25) is 0 Å². The molecular formula is C14H24N2O2S. The van der Waals surface area contributed by atoms with Gasteiger partial charge in [0.15, 0.2) is 0 Å². The quantitative estimate of drug-likeness (QED) is 0.900. The molecule has 0 heterocycles. The molecule has 0 unspecified atom stereocenters. The van der Waals surface area contributed by atoms with E-state index < -0.39 is 15.6 Å². The van der Waals surface area contributed by atoms with E-state index in [1.807, 2.05) is 46.8 Å². The van der Waals surface area contributed by atoms with Gasteiger partial charge in [0.1, 0.15) is 0 Å². The lowest BCUT2D eigenvalue weighted by atomic mass is 10.1. The lowest BCUT2D eigenvalue weighted by molar-refractivity contribution is 0.244. The second-order valence-electron chi connectivity index (χ2n) is 5.46. The number of hydrogen-bond acceptors (Lipinski definition) is 3. The molecule has 108 valence electrons. The van der Waals surface area contributed by atoms with E-state index in [4.69, 9.17) is 5.73 Å². The first-order valence-corrected chi connectivity index (χ1v) is 7.91. The largest absolute Gasteiger partial charge is 0.329 e. The molecule has 0 fully saturated rings. The van der Waals surface area contributed by atoms with Crippen molar-refractivity contribution in [3.63, 3.8) is 0 Å². The fourth-order valence-corrected chi connectivity index (χ4v) is 4.24. The van der Waals surface area contributed by atoms with Gasteiger partial charge in [-0.25, -0.2) is 8.42 Å². The normalized spacial score (nSPS) is 13.0. The van der Waals surface area contributed by atoms with Crippen molar-refractivity contribution in [2.75, 3.05) is 13.1 Å². The molecule has 0 bridgehead atoms. The van der Waals surface area contributed by atoms with E-state index in [0.717, 1.165) is 11.1 Å². The summed E-state index contributed by atoms with van der Waals surface area (Å²) in [6.45, 7) is 9.98. The zero-order valence-electron chi connectivity index (χ0n) is 12.4. The molecule has 1 aromatic rings. The lowest BCUT2D eigenvalue weighted by Gasteiger charge is -2.36. The van der Waals surface area contributed by atoms with Crippen molar-refractivity contribution >= 4 is 10.0 Å². The van der Waals surface area contributed by atoms with Crippen LogP contribution in [0.3, 0.4) is 0 Å². The summed E-state index contributed by atoms with van der Waals surface area (Å²) < 4.78 is 27.0. The molecule has 1 rings (SSSR count). The molecule has 5 heteroatoms. The minimum absolute atomic E-state index is 0.283. The second kappa shape index (κ2) is 5.61. The Bertz CT molecular complexity index is 551. The van der Waals surface area contributed by atoms with Gasteiger partial charge in [0.25, 0.3) is 0 Å². The smallest absolute Gasteiger partial charge is 0.243 e. The molecule has 0 spiro atoms. The summed E-state index contributed by atoms with van der Waals surface area (Å²) in [5.41, 5.74) is 6.94. The van der Waals surface area contributed by atoms with Crippen LogP contribution in [0.25, 0.3) is 0 Å². The molecule has 0 saturated heterocycles. The minimum atomic E-state index is -3.52. The van der Waals surface area contributed by atoms with Crippen molar-refractivity contribution in [3.8, 4) is 0 Å². The summed E-state index contributed by atoms with van der Waals surface area (Å²) in [6.07, 6.45) is 0. The maximum Gasteiger partial charge on any atom is 0.243 e. The zero-order chi connectivity index (χ0) is 14.8. The number of nitrogens with zero attached hydrogens (tertiary/aromatic N) is 1. The average Bonchev–Trinajstić information content (AvgIpc) is 2.28. The second-order valence-corrected chi connectivity index (χ2v) is 7.29. The van der Waals surface area contributed by atoms with Crippen molar-refractivity contribution in [2.24, 2.45) is 5.73 Å². The predicted octanol–water partition coefficient (Wildman–Crippen LogP) is 2.05. The topological polar surface area (TPSA) is 63.4 Å². The van der Waals surface area contributed by atoms with E-state index in [9.17, 15) is 8.42 Å². The molecular weight excluding hydrogens is 260 g/mol. The third-order valence-electron chi connectivity index (χ3n) is 3.36. The Labute approximate surface area is 116 Å². The number of benzene rings is 1. The highest BCUT2D eigenvalue weighted by atomic mass is 32.2. The van der Waals surface area contributed by atoms with E-state index in [2.05, 4.69) is 0 Å². The van der Waals surface area contributed by atoms with Gasteiger partial charge in [-0.1, -0.05) is 24.6 Å². The van der Waals surface area contributed by atoms with Crippen LogP contribution in [0.5, 0.6) is 0 Å². The van der Waals surface area contributed by atoms with Gasteiger partial charge in [-0.05, 0) is 39.3 Å². The zero-order valence-corrected chi connectivity index (χ0v) is 13.2. The number of likely N-dealkylation sites (N-methyl/N-ethyl adjacent to an activating group) is 1. The van der Waals surface area contributed by atoms with Crippen LogP contribution < -0.4 is 5.73 Å². The van der Waals surface area contributed by atoms with E-state index in [-0.39, 0.29) is 6.54 Å². The van der Waals surface area contributed by atoms with Crippen molar-refractivity contribution in [1.82, 2.24) is 4.31 Å². The molecule has 0 aliphatic heterocycles. The molecule has 19 heavy (non-hydrogen) atoms. The summed E-state index contributed by atoms with van der Waals surface area (Å²) in [5.74, 6) is 0. The van der Waals surface area contributed by atoms with Crippen LogP contribution in [0.15, 0.2) is 23.1 Å². The molecule has 0 aliphatic rings. The van der Waals surface area contributed by atoms with Crippen LogP contribution in [0.4, 0.5) is 0 Å². The number of rotatable bonds is 5. The minimum Gasteiger partial charge on any atom is -0.329 e.